The summed E-state index contributed by atoms with van der Waals surface area (Å²) < 4.78 is 0. The fourth-order valence-electron chi connectivity index (χ4n) is 1.05. The Morgan fingerprint density at radius 3 is 3.18 bits per heavy atom. The third-order valence-corrected chi connectivity index (χ3v) is 2.51. The molecule has 1 aromatic rings. The van der Waals surface area contributed by atoms with Gasteiger partial charge in [0.2, 0.25) is 0 Å². The van der Waals surface area contributed by atoms with Crippen LogP contribution in [0.15, 0.2) is 10.9 Å². The molecular weight excluding hydrogens is 156 g/mol. The highest BCUT2D eigenvalue weighted by Gasteiger charge is 2.19. The van der Waals surface area contributed by atoms with E-state index in [1.54, 1.807) is 11.3 Å². The lowest BCUT2D eigenvalue weighted by atomic mass is 10.3. The van der Waals surface area contributed by atoms with E-state index < -0.39 is 0 Å². The third-order valence-electron chi connectivity index (χ3n) is 1.87. The SMILES string of the molecule is c1nc(CCNC2CC2)cs1. The van der Waals surface area contributed by atoms with Crippen LogP contribution in [-0.4, -0.2) is 17.6 Å². The molecule has 0 aliphatic heterocycles. The second-order valence-corrected chi connectivity index (χ2v) is 3.68. The lowest BCUT2D eigenvalue weighted by Gasteiger charge is -1.98. The summed E-state index contributed by atoms with van der Waals surface area (Å²) >= 11 is 1.68. The predicted octanol–water partition coefficient (Wildman–Crippen LogP) is 1.44. The average molecular weight is 168 g/mol. The largest absolute Gasteiger partial charge is 0.314 e. The van der Waals surface area contributed by atoms with Gasteiger partial charge in [-0.25, -0.2) is 4.98 Å². The molecular formula is C8H12N2S. The number of rotatable bonds is 4. The number of aromatic nitrogens is 1. The topological polar surface area (TPSA) is 24.9 Å². The van der Waals surface area contributed by atoms with Gasteiger partial charge < -0.3 is 5.32 Å². The molecule has 1 fully saturated rings. The molecule has 1 N–H and O–H groups in total. The van der Waals surface area contributed by atoms with Crippen LogP contribution in [0.1, 0.15) is 18.5 Å². The molecule has 1 saturated carbocycles. The van der Waals surface area contributed by atoms with Gasteiger partial charge in [-0.05, 0) is 12.8 Å². The van der Waals surface area contributed by atoms with E-state index in [1.807, 2.05) is 5.51 Å². The van der Waals surface area contributed by atoms with Crippen LogP contribution in [0.5, 0.6) is 0 Å². The summed E-state index contributed by atoms with van der Waals surface area (Å²) in [6.07, 6.45) is 3.83. The van der Waals surface area contributed by atoms with E-state index in [2.05, 4.69) is 15.7 Å². The average Bonchev–Trinajstić information content (AvgIpc) is 2.66. The van der Waals surface area contributed by atoms with E-state index in [1.165, 1.54) is 18.5 Å². The van der Waals surface area contributed by atoms with Gasteiger partial charge >= 0.3 is 0 Å². The van der Waals surface area contributed by atoms with Gasteiger partial charge in [0.25, 0.3) is 0 Å². The molecule has 0 unspecified atom stereocenters. The highest BCUT2D eigenvalue weighted by molar-refractivity contribution is 7.07. The Kier molecular flexibility index (Phi) is 2.19. The molecule has 0 radical (unpaired) electrons. The predicted molar refractivity (Wildman–Crippen MR) is 46.8 cm³/mol. The first-order valence-corrected chi connectivity index (χ1v) is 5.00. The fraction of sp³-hybridized carbons (Fsp3) is 0.625. The van der Waals surface area contributed by atoms with Crippen LogP contribution in [0.25, 0.3) is 0 Å². The minimum Gasteiger partial charge on any atom is -0.314 e. The summed E-state index contributed by atoms with van der Waals surface area (Å²) in [5.41, 5.74) is 3.12. The molecule has 0 aromatic carbocycles. The maximum absolute atomic E-state index is 4.21. The van der Waals surface area contributed by atoms with E-state index in [0.29, 0.717) is 0 Å². The summed E-state index contributed by atoms with van der Waals surface area (Å²) in [7, 11) is 0. The van der Waals surface area contributed by atoms with E-state index in [9.17, 15) is 0 Å². The van der Waals surface area contributed by atoms with Crippen LogP contribution in [-0.2, 0) is 6.42 Å². The van der Waals surface area contributed by atoms with Crippen molar-refractivity contribution in [2.75, 3.05) is 6.54 Å². The summed E-state index contributed by atoms with van der Waals surface area (Å²) in [5.74, 6) is 0. The van der Waals surface area contributed by atoms with Crippen LogP contribution in [0.2, 0.25) is 0 Å². The van der Waals surface area contributed by atoms with Crippen molar-refractivity contribution in [3.63, 3.8) is 0 Å². The summed E-state index contributed by atoms with van der Waals surface area (Å²) in [6, 6.07) is 0.827. The Bertz CT molecular complexity index is 204. The van der Waals surface area contributed by atoms with Crippen molar-refractivity contribution in [1.29, 1.82) is 0 Å². The van der Waals surface area contributed by atoms with Gasteiger partial charge in [0.15, 0.2) is 0 Å². The summed E-state index contributed by atoms with van der Waals surface area (Å²) in [4.78, 5) is 4.21. The van der Waals surface area contributed by atoms with E-state index >= 15 is 0 Å². The molecule has 60 valence electrons. The Labute approximate surface area is 70.7 Å². The van der Waals surface area contributed by atoms with Crippen molar-refractivity contribution < 1.29 is 0 Å². The van der Waals surface area contributed by atoms with Gasteiger partial charge in [0.1, 0.15) is 0 Å². The molecule has 0 atom stereocenters. The lowest BCUT2D eigenvalue weighted by molar-refractivity contribution is 0.677. The van der Waals surface area contributed by atoms with Crippen molar-refractivity contribution >= 4 is 11.3 Å². The van der Waals surface area contributed by atoms with E-state index in [4.69, 9.17) is 0 Å². The normalized spacial score (nSPS) is 17.1. The Morgan fingerprint density at radius 2 is 2.55 bits per heavy atom. The fourth-order valence-corrected chi connectivity index (χ4v) is 1.65. The highest BCUT2D eigenvalue weighted by Crippen LogP contribution is 2.18. The minimum absolute atomic E-state index is 0.827. The second kappa shape index (κ2) is 3.32. The number of hydrogen-bond acceptors (Lipinski definition) is 3. The zero-order valence-electron chi connectivity index (χ0n) is 6.42. The Balaban J connectivity index is 1.66. The molecule has 0 spiro atoms. The first kappa shape index (κ1) is 7.25. The first-order valence-electron chi connectivity index (χ1n) is 4.05. The monoisotopic (exact) mass is 168 g/mol. The Morgan fingerprint density at radius 1 is 1.64 bits per heavy atom. The van der Waals surface area contributed by atoms with Crippen LogP contribution in [0, 0.1) is 0 Å². The molecule has 1 aliphatic carbocycles. The molecule has 0 saturated heterocycles. The maximum atomic E-state index is 4.21. The van der Waals surface area contributed by atoms with Crippen LogP contribution >= 0.6 is 11.3 Å². The number of hydrogen-bond donors (Lipinski definition) is 1. The summed E-state index contributed by atoms with van der Waals surface area (Å²) in [6.45, 7) is 1.09. The smallest absolute Gasteiger partial charge is 0.0794 e. The molecule has 1 heterocycles. The maximum Gasteiger partial charge on any atom is 0.0794 e. The van der Waals surface area contributed by atoms with Gasteiger partial charge in [0.05, 0.1) is 11.2 Å². The molecule has 3 heteroatoms. The molecule has 2 nitrogen and oxygen atoms in total. The van der Waals surface area contributed by atoms with Crippen molar-refractivity contribution in [3.05, 3.63) is 16.6 Å². The minimum atomic E-state index is 0.827. The Hall–Kier alpha value is -0.410. The van der Waals surface area contributed by atoms with Crippen molar-refractivity contribution in [3.8, 4) is 0 Å². The van der Waals surface area contributed by atoms with Gasteiger partial charge in [0, 0.05) is 24.4 Å². The molecule has 2 rings (SSSR count). The standard InChI is InChI=1S/C8H12N2S/c1-2-7(1)9-4-3-8-5-11-6-10-8/h5-7,9H,1-4H2. The van der Waals surface area contributed by atoms with Gasteiger partial charge in [-0.3, -0.25) is 0 Å². The van der Waals surface area contributed by atoms with Crippen molar-refractivity contribution in [2.45, 2.75) is 25.3 Å². The zero-order valence-corrected chi connectivity index (χ0v) is 7.23. The second-order valence-electron chi connectivity index (χ2n) is 2.96. The molecule has 0 amide bonds. The highest BCUT2D eigenvalue weighted by atomic mass is 32.1. The lowest BCUT2D eigenvalue weighted by Crippen LogP contribution is -2.19. The molecule has 1 aliphatic rings. The third kappa shape index (κ3) is 2.27. The van der Waals surface area contributed by atoms with E-state index in [-0.39, 0.29) is 0 Å². The number of thiazole rings is 1. The van der Waals surface area contributed by atoms with Gasteiger partial charge in [-0.2, -0.15) is 0 Å². The van der Waals surface area contributed by atoms with Crippen LogP contribution in [0.3, 0.4) is 0 Å². The summed E-state index contributed by atoms with van der Waals surface area (Å²) in [5, 5.41) is 5.58. The first-order chi connectivity index (χ1) is 5.45. The molecule has 11 heavy (non-hydrogen) atoms. The van der Waals surface area contributed by atoms with Gasteiger partial charge in [-0.15, -0.1) is 11.3 Å². The van der Waals surface area contributed by atoms with Crippen molar-refractivity contribution in [2.24, 2.45) is 0 Å². The van der Waals surface area contributed by atoms with Gasteiger partial charge in [-0.1, -0.05) is 0 Å². The van der Waals surface area contributed by atoms with Crippen LogP contribution in [0.4, 0.5) is 0 Å². The number of nitrogens with zero attached hydrogens (tertiary/aromatic N) is 1. The quantitative estimate of drug-likeness (QED) is 0.736. The van der Waals surface area contributed by atoms with Crippen LogP contribution < -0.4 is 5.32 Å². The zero-order chi connectivity index (χ0) is 7.52. The molecule has 1 aromatic heterocycles. The van der Waals surface area contributed by atoms with E-state index in [0.717, 1.165) is 19.0 Å². The van der Waals surface area contributed by atoms with Crippen molar-refractivity contribution in [1.82, 2.24) is 10.3 Å². The molecule has 0 bridgehead atoms. The number of nitrogens with one attached hydrogen (secondary N) is 1.